The molecular formula is C16H12Cl2FN5OS. The number of rotatable bonds is 5. The van der Waals surface area contributed by atoms with Gasteiger partial charge in [-0.1, -0.05) is 35.0 Å². The van der Waals surface area contributed by atoms with Crippen LogP contribution in [0.3, 0.4) is 0 Å². The van der Waals surface area contributed by atoms with Gasteiger partial charge in [0, 0.05) is 15.6 Å². The zero-order valence-electron chi connectivity index (χ0n) is 13.1. The Hall–Kier alpha value is -2.29. The van der Waals surface area contributed by atoms with E-state index in [0.717, 1.165) is 23.4 Å². The lowest BCUT2D eigenvalue weighted by atomic mass is 10.2. The number of nitrogens with zero attached hydrogens (tertiary/aromatic N) is 3. The monoisotopic (exact) mass is 411 g/mol. The molecule has 0 unspecified atom stereocenters. The lowest BCUT2D eigenvalue weighted by Crippen LogP contribution is -2.17. The summed E-state index contributed by atoms with van der Waals surface area (Å²) in [6, 6.07) is 11.0. The Labute approximate surface area is 162 Å². The molecule has 2 aromatic carbocycles. The predicted octanol–water partition coefficient (Wildman–Crippen LogP) is 3.84. The molecule has 134 valence electrons. The molecule has 3 aromatic rings. The summed E-state index contributed by atoms with van der Waals surface area (Å²) in [7, 11) is 0. The highest BCUT2D eigenvalue weighted by molar-refractivity contribution is 7.99. The van der Waals surface area contributed by atoms with E-state index in [4.69, 9.17) is 29.0 Å². The fourth-order valence-electron chi connectivity index (χ4n) is 2.08. The molecule has 0 saturated heterocycles. The molecular weight excluding hydrogens is 400 g/mol. The first kappa shape index (κ1) is 18.5. The molecule has 3 rings (SSSR count). The van der Waals surface area contributed by atoms with Crippen molar-refractivity contribution in [3.8, 4) is 11.4 Å². The van der Waals surface area contributed by atoms with Crippen LogP contribution in [-0.2, 0) is 4.79 Å². The van der Waals surface area contributed by atoms with Gasteiger partial charge in [0.2, 0.25) is 11.1 Å². The number of hydrogen-bond acceptors (Lipinski definition) is 5. The molecule has 10 heteroatoms. The molecule has 0 atom stereocenters. The maximum Gasteiger partial charge on any atom is 0.234 e. The number of nitrogen functional groups attached to an aromatic ring is 1. The van der Waals surface area contributed by atoms with Gasteiger partial charge in [-0.3, -0.25) is 4.79 Å². The highest BCUT2D eigenvalue weighted by Crippen LogP contribution is 2.24. The highest BCUT2D eigenvalue weighted by Gasteiger charge is 2.14. The van der Waals surface area contributed by atoms with Gasteiger partial charge in [0.15, 0.2) is 5.82 Å². The third kappa shape index (κ3) is 4.27. The van der Waals surface area contributed by atoms with Crippen molar-refractivity contribution in [2.75, 3.05) is 16.9 Å². The number of anilines is 1. The number of hydrogen-bond donors (Lipinski definition) is 2. The van der Waals surface area contributed by atoms with Crippen molar-refractivity contribution in [2.24, 2.45) is 0 Å². The molecule has 1 heterocycles. The molecule has 3 N–H and O–H groups in total. The summed E-state index contributed by atoms with van der Waals surface area (Å²) in [6.07, 6.45) is 0. The van der Waals surface area contributed by atoms with Crippen LogP contribution in [0.15, 0.2) is 47.6 Å². The van der Waals surface area contributed by atoms with Crippen molar-refractivity contribution in [3.63, 3.8) is 0 Å². The first-order valence-electron chi connectivity index (χ1n) is 7.28. The van der Waals surface area contributed by atoms with Crippen LogP contribution in [0.5, 0.6) is 0 Å². The van der Waals surface area contributed by atoms with E-state index in [1.807, 2.05) is 0 Å². The highest BCUT2D eigenvalue weighted by atomic mass is 35.5. The van der Waals surface area contributed by atoms with Gasteiger partial charge in [0.05, 0.1) is 11.4 Å². The number of benzene rings is 2. The summed E-state index contributed by atoms with van der Waals surface area (Å²) in [5, 5.41) is 11.6. The van der Waals surface area contributed by atoms with Crippen LogP contribution in [0, 0.1) is 5.82 Å². The largest absolute Gasteiger partial charge is 0.335 e. The second-order valence-electron chi connectivity index (χ2n) is 5.14. The number of aromatic nitrogens is 3. The fourth-order valence-corrected chi connectivity index (χ4v) is 3.02. The number of halogens is 3. The minimum absolute atomic E-state index is 0.0159. The van der Waals surface area contributed by atoms with Gasteiger partial charge in [-0.2, -0.15) is 0 Å². The van der Waals surface area contributed by atoms with Gasteiger partial charge in [-0.15, -0.1) is 10.2 Å². The average molecular weight is 412 g/mol. The molecule has 0 bridgehead atoms. The van der Waals surface area contributed by atoms with Crippen LogP contribution in [0.2, 0.25) is 10.0 Å². The average Bonchev–Trinajstić information content (AvgIpc) is 2.97. The summed E-state index contributed by atoms with van der Waals surface area (Å²) in [5.74, 6) is 5.39. The summed E-state index contributed by atoms with van der Waals surface area (Å²) in [4.78, 5) is 12.0. The van der Waals surface area contributed by atoms with Crippen LogP contribution < -0.4 is 11.2 Å². The topological polar surface area (TPSA) is 85.8 Å². The molecule has 0 fully saturated rings. The van der Waals surface area contributed by atoms with E-state index in [1.165, 1.54) is 16.8 Å². The smallest absolute Gasteiger partial charge is 0.234 e. The molecule has 0 aliphatic heterocycles. The second kappa shape index (κ2) is 7.94. The van der Waals surface area contributed by atoms with Crippen LogP contribution in [0.1, 0.15) is 0 Å². The van der Waals surface area contributed by atoms with Crippen molar-refractivity contribution in [1.82, 2.24) is 14.9 Å². The SMILES string of the molecule is Nn1c(SCC(=O)Nc2ccc(Cl)cc2F)nnc1-c1ccc(Cl)cc1. The van der Waals surface area contributed by atoms with E-state index < -0.39 is 11.7 Å². The summed E-state index contributed by atoms with van der Waals surface area (Å²) >= 11 is 12.6. The molecule has 0 spiro atoms. The Balaban J connectivity index is 1.64. The van der Waals surface area contributed by atoms with E-state index in [9.17, 15) is 9.18 Å². The van der Waals surface area contributed by atoms with Crippen molar-refractivity contribution < 1.29 is 9.18 Å². The molecule has 1 aromatic heterocycles. The molecule has 6 nitrogen and oxygen atoms in total. The lowest BCUT2D eigenvalue weighted by Gasteiger charge is -2.07. The summed E-state index contributed by atoms with van der Waals surface area (Å²) < 4.78 is 15.0. The number of carbonyl (C=O) groups excluding carboxylic acids is 1. The number of carbonyl (C=O) groups is 1. The van der Waals surface area contributed by atoms with Gasteiger partial charge in [0.25, 0.3) is 0 Å². The van der Waals surface area contributed by atoms with Gasteiger partial charge in [-0.05, 0) is 42.5 Å². The molecule has 26 heavy (non-hydrogen) atoms. The Bertz CT molecular complexity index is 948. The minimum atomic E-state index is -0.608. The number of nitrogens with two attached hydrogens (primary N) is 1. The van der Waals surface area contributed by atoms with E-state index >= 15 is 0 Å². The first-order valence-corrected chi connectivity index (χ1v) is 9.02. The van der Waals surface area contributed by atoms with Gasteiger partial charge in [0.1, 0.15) is 5.82 Å². The lowest BCUT2D eigenvalue weighted by molar-refractivity contribution is -0.113. The standard InChI is InChI=1S/C16H12Cl2FN5OS/c17-10-3-1-9(2-4-10)15-22-23-16(24(15)20)26-8-14(25)21-13-6-5-11(18)7-12(13)19/h1-7H,8,20H2,(H,21,25). The molecule has 0 aliphatic carbocycles. The van der Waals surface area contributed by atoms with E-state index in [-0.39, 0.29) is 16.5 Å². The molecule has 1 amide bonds. The van der Waals surface area contributed by atoms with Crippen LogP contribution in [0.25, 0.3) is 11.4 Å². The fraction of sp³-hybridized carbons (Fsp3) is 0.0625. The first-order chi connectivity index (χ1) is 12.4. The Morgan fingerprint density at radius 3 is 2.54 bits per heavy atom. The number of nitrogens with one attached hydrogen (secondary N) is 1. The predicted molar refractivity (Wildman–Crippen MR) is 101 cm³/mol. The number of thioether (sulfide) groups is 1. The Kier molecular flexibility index (Phi) is 5.65. The summed E-state index contributed by atoms with van der Waals surface area (Å²) in [5.41, 5.74) is 0.792. The van der Waals surface area contributed by atoms with Gasteiger partial charge >= 0.3 is 0 Å². The Morgan fingerprint density at radius 2 is 1.85 bits per heavy atom. The zero-order chi connectivity index (χ0) is 18.7. The zero-order valence-corrected chi connectivity index (χ0v) is 15.4. The molecule has 0 saturated carbocycles. The maximum absolute atomic E-state index is 13.7. The third-order valence-corrected chi connectivity index (χ3v) is 4.73. The van der Waals surface area contributed by atoms with Crippen molar-refractivity contribution in [2.45, 2.75) is 5.16 Å². The van der Waals surface area contributed by atoms with Crippen LogP contribution >= 0.6 is 35.0 Å². The van der Waals surface area contributed by atoms with Crippen molar-refractivity contribution in [3.05, 3.63) is 58.3 Å². The number of amides is 1. The third-order valence-electron chi connectivity index (χ3n) is 3.30. The van der Waals surface area contributed by atoms with E-state index in [2.05, 4.69) is 15.5 Å². The van der Waals surface area contributed by atoms with Crippen molar-refractivity contribution in [1.29, 1.82) is 0 Å². The van der Waals surface area contributed by atoms with Gasteiger partial charge in [-0.25, -0.2) is 9.07 Å². The maximum atomic E-state index is 13.7. The normalized spacial score (nSPS) is 10.7. The molecule has 0 radical (unpaired) electrons. The van der Waals surface area contributed by atoms with Gasteiger partial charge < -0.3 is 11.2 Å². The Morgan fingerprint density at radius 1 is 1.15 bits per heavy atom. The van der Waals surface area contributed by atoms with E-state index in [0.29, 0.717) is 16.0 Å². The van der Waals surface area contributed by atoms with Crippen LogP contribution in [-0.4, -0.2) is 26.5 Å². The van der Waals surface area contributed by atoms with Crippen LogP contribution in [0.4, 0.5) is 10.1 Å². The van der Waals surface area contributed by atoms with E-state index in [1.54, 1.807) is 24.3 Å². The summed E-state index contributed by atoms with van der Waals surface area (Å²) in [6.45, 7) is 0. The quantitative estimate of drug-likeness (QED) is 0.491. The molecule has 0 aliphatic rings. The minimum Gasteiger partial charge on any atom is -0.335 e. The second-order valence-corrected chi connectivity index (χ2v) is 6.96. The van der Waals surface area contributed by atoms with Crippen molar-refractivity contribution >= 4 is 46.6 Å².